The first kappa shape index (κ1) is 12.3. The summed E-state index contributed by atoms with van der Waals surface area (Å²) in [7, 11) is 1.50. The molecule has 1 unspecified atom stereocenters. The molecule has 0 aromatic heterocycles. The van der Waals surface area contributed by atoms with E-state index in [4.69, 9.17) is 9.84 Å². The van der Waals surface area contributed by atoms with Crippen LogP contribution in [0.25, 0.3) is 0 Å². The maximum Gasteiger partial charge on any atom is 0.513 e. The number of likely N-dealkylation sites (N-methyl/N-ethyl adjacent to an activating group) is 1. The number of hydrogen-bond donors (Lipinski definition) is 1. The quantitative estimate of drug-likeness (QED) is 0.644. The van der Waals surface area contributed by atoms with Gasteiger partial charge in [0.05, 0.1) is 13.2 Å². The SMILES string of the molecule is CC[N+](CCF)(CCOC)C(=O)O. The summed E-state index contributed by atoms with van der Waals surface area (Å²) in [5, 5.41) is 8.93. The molecule has 0 saturated carbocycles. The van der Waals surface area contributed by atoms with Crippen LogP contribution >= 0.6 is 0 Å². The van der Waals surface area contributed by atoms with E-state index in [1.807, 2.05) is 0 Å². The second-order valence-electron chi connectivity index (χ2n) is 2.87. The number of rotatable bonds is 6. The Labute approximate surface area is 77.5 Å². The minimum Gasteiger partial charge on any atom is -0.435 e. The van der Waals surface area contributed by atoms with Crippen molar-refractivity contribution in [3.05, 3.63) is 0 Å². The van der Waals surface area contributed by atoms with Gasteiger partial charge in [-0.1, -0.05) is 0 Å². The molecular weight excluding hydrogens is 177 g/mol. The Morgan fingerprint density at radius 1 is 1.54 bits per heavy atom. The van der Waals surface area contributed by atoms with Gasteiger partial charge in [0.1, 0.15) is 19.8 Å². The molecule has 0 heterocycles. The second kappa shape index (κ2) is 5.88. The van der Waals surface area contributed by atoms with Crippen LogP contribution in [0.3, 0.4) is 0 Å². The lowest BCUT2D eigenvalue weighted by Gasteiger charge is -2.30. The number of methoxy groups -OCH3 is 1. The highest BCUT2D eigenvalue weighted by Crippen LogP contribution is 2.07. The summed E-state index contributed by atoms with van der Waals surface area (Å²) >= 11 is 0. The zero-order valence-corrected chi connectivity index (χ0v) is 8.12. The maximum absolute atomic E-state index is 12.1. The second-order valence-corrected chi connectivity index (χ2v) is 2.87. The van der Waals surface area contributed by atoms with Gasteiger partial charge < -0.3 is 9.84 Å². The van der Waals surface area contributed by atoms with Gasteiger partial charge in [-0.2, -0.15) is 4.79 Å². The lowest BCUT2D eigenvalue weighted by molar-refractivity contribution is -0.856. The van der Waals surface area contributed by atoms with Gasteiger partial charge in [0.25, 0.3) is 0 Å². The van der Waals surface area contributed by atoms with Crippen LogP contribution in [0, 0.1) is 0 Å². The Bertz CT molecular complexity index is 165. The zero-order chi connectivity index (χ0) is 10.3. The third-order valence-corrected chi connectivity index (χ3v) is 2.25. The van der Waals surface area contributed by atoms with Crippen LogP contribution in [-0.4, -0.2) is 55.7 Å². The summed E-state index contributed by atoms with van der Waals surface area (Å²) in [6.07, 6.45) is -0.989. The molecule has 0 aromatic carbocycles. The van der Waals surface area contributed by atoms with E-state index in [1.54, 1.807) is 6.92 Å². The molecular formula is C8H17FNO3+. The van der Waals surface area contributed by atoms with Gasteiger partial charge in [-0.3, -0.25) is 0 Å². The highest BCUT2D eigenvalue weighted by molar-refractivity contribution is 5.56. The first-order valence-electron chi connectivity index (χ1n) is 4.27. The number of nitrogens with zero attached hydrogens (tertiary/aromatic N) is 1. The first-order chi connectivity index (χ1) is 6.13. The van der Waals surface area contributed by atoms with Crippen LogP contribution in [0.4, 0.5) is 9.18 Å². The van der Waals surface area contributed by atoms with Crippen molar-refractivity contribution in [3.63, 3.8) is 0 Å². The molecule has 4 nitrogen and oxygen atoms in total. The topological polar surface area (TPSA) is 46.5 Å². The van der Waals surface area contributed by atoms with E-state index in [0.29, 0.717) is 19.7 Å². The Hall–Kier alpha value is -0.680. The van der Waals surface area contributed by atoms with E-state index in [1.165, 1.54) is 7.11 Å². The highest BCUT2D eigenvalue weighted by atomic mass is 19.1. The van der Waals surface area contributed by atoms with E-state index >= 15 is 0 Å². The number of carbonyl (C=O) groups is 1. The molecule has 0 saturated heterocycles. The lowest BCUT2D eigenvalue weighted by atomic mass is 10.3. The molecule has 0 aliphatic carbocycles. The molecule has 5 heteroatoms. The maximum atomic E-state index is 12.1. The van der Waals surface area contributed by atoms with Gasteiger partial charge in [-0.05, 0) is 6.92 Å². The van der Waals surface area contributed by atoms with E-state index in [0.717, 1.165) is 0 Å². The molecule has 1 atom stereocenters. The standard InChI is InChI=1S/C8H16FNO3/c1-3-10(5-4-9,8(11)12)6-7-13-2/h3-7H2,1-2H3/p+1. The molecule has 13 heavy (non-hydrogen) atoms. The average molecular weight is 194 g/mol. The van der Waals surface area contributed by atoms with E-state index in [2.05, 4.69) is 0 Å². The molecule has 0 spiro atoms. The molecule has 0 bridgehead atoms. The molecule has 0 radical (unpaired) electrons. The van der Waals surface area contributed by atoms with Crippen molar-refractivity contribution in [2.75, 3.05) is 40.0 Å². The summed E-state index contributed by atoms with van der Waals surface area (Å²) in [4.78, 5) is 10.9. The normalized spacial score (nSPS) is 15.3. The minimum atomic E-state index is -0.989. The third kappa shape index (κ3) is 3.28. The number of alkyl halides is 1. The summed E-state index contributed by atoms with van der Waals surface area (Å²) in [5.41, 5.74) is 0. The van der Waals surface area contributed by atoms with E-state index in [9.17, 15) is 9.18 Å². The molecule has 78 valence electrons. The summed E-state index contributed by atoms with van der Waals surface area (Å²) in [6.45, 7) is 2.15. The number of amides is 1. The smallest absolute Gasteiger partial charge is 0.435 e. The van der Waals surface area contributed by atoms with Crippen molar-refractivity contribution in [1.29, 1.82) is 0 Å². The first-order valence-corrected chi connectivity index (χ1v) is 4.27. The van der Waals surface area contributed by atoms with Gasteiger partial charge >= 0.3 is 6.09 Å². The van der Waals surface area contributed by atoms with Crippen molar-refractivity contribution in [2.24, 2.45) is 0 Å². The third-order valence-electron chi connectivity index (χ3n) is 2.25. The predicted octanol–water partition coefficient (Wildman–Crippen LogP) is 1.12. The number of carboxylic acid groups (broad SMARTS) is 1. The minimum absolute atomic E-state index is 0.00912. The molecule has 0 fully saturated rings. The fraction of sp³-hybridized carbons (Fsp3) is 0.875. The summed E-state index contributed by atoms with van der Waals surface area (Å²) in [5.74, 6) is 0. The number of halogens is 1. The van der Waals surface area contributed by atoms with E-state index < -0.39 is 12.8 Å². The number of hydrogen-bond acceptors (Lipinski definition) is 2. The van der Waals surface area contributed by atoms with Crippen molar-refractivity contribution >= 4 is 6.09 Å². The fourth-order valence-electron chi connectivity index (χ4n) is 1.18. The Kier molecular flexibility index (Phi) is 5.57. The highest BCUT2D eigenvalue weighted by Gasteiger charge is 2.34. The van der Waals surface area contributed by atoms with Crippen LogP contribution in [0.15, 0.2) is 0 Å². The van der Waals surface area contributed by atoms with Gasteiger partial charge in [-0.25, -0.2) is 8.87 Å². The number of ether oxygens (including phenoxy) is 1. The van der Waals surface area contributed by atoms with Crippen molar-refractivity contribution in [3.8, 4) is 0 Å². The van der Waals surface area contributed by atoms with E-state index in [-0.39, 0.29) is 11.0 Å². The molecule has 1 amide bonds. The molecule has 0 aromatic rings. The largest absolute Gasteiger partial charge is 0.513 e. The van der Waals surface area contributed by atoms with Crippen LogP contribution in [0.1, 0.15) is 6.92 Å². The van der Waals surface area contributed by atoms with Gasteiger partial charge in [0.2, 0.25) is 0 Å². The van der Waals surface area contributed by atoms with Gasteiger partial charge in [0, 0.05) is 7.11 Å². The van der Waals surface area contributed by atoms with Crippen molar-refractivity contribution in [1.82, 2.24) is 0 Å². The molecule has 1 N–H and O–H groups in total. The van der Waals surface area contributed by atoms with Gasteiger partial charge in [-0.15, -0.1) is 0 Å². The van der Waals surface area contributed by atoms with Crippen LogP contribution in [0.5, 0.6) is 0 Å². The summed E-state index contributed by atoms with van der Waals surface area (Å²) < 4.78 is 16.7. The van der Waals surface area contributed by atoms with Crippen molar-refractivity contribution < 1.29 is 23.5 Å². The predicted molar refractivity (Wildman–Crippen MR) is 46.4 cm³/mol. The zero-order valence-electron chi connectivity index (χ0n) is 8.12. The van der Waals surface area contributed by atoms with Gasteiger partial charge in [0.15, 0.2) is 0 Å². The molecule has 0 rings (SSSR count). The molecule has 0 aliphatic rings. The fourth-order valence-corrected chi connectivity index (χ4v) is 1.18. The number of quaternary nitrogens is 1. The van der Waals surface area contributed by atoms with Crippen LogP contribution in [0.2, 0.25) is 0 Å². The van der Waals surface area contributed by atoms with Crippen molar-refractivity contribution in [2.45, 2.75) is 6.92 Å². The Balaban J connectivity index is 4.35. The van der Waals surface area contributed by atoms with Crippen LogP contribution < -0.4 is 0 Å². The Morgan fingerprint density at radius 2 is 2.15 bits per heavy atom. The molecule has 0 aliphatic heterocycles. The van der Waals surface area contributed by atoms with Crippen LogP contribution in [-0.2, 0) is 4.74 Å². The summed E-state index contributed by atoms with van der Waals surface area (Å²) in [6, 6.07) is 0. The average Bonchev–Trinajstić information content (AvgIpc) is 2.12. The lowest BCUT2D eigenvalue weighted by Crippen LogP contribution is -2.54. The monoisotopic (exact) mass is 194 g/mol. The Morgan fingerprint density at radius 3 is 2.46 bits per heavy atom.